The number of piperidine rings is 1. The third-order valence-electron chi connectivity index (χ3n) is 4.53. The number of amides is 2. The van der Waals surface area contributed by atoms with Crippen LogP contribution in [0.5, 0.6) is 0 Å². The van der Waals surface area contributed by atoms with Gasteiger partial charge in [-0.25, -0.2) is 17.5 Å². The van der Waals surface area contributed by atoms with E-state index in [-0.39, 0.29) is 6.03 Å². The van der Waals surface area contributed by atoms with Crippen LogP contribution in [0, 0.1) is 5.92 Å². The molecule has 0 aromatic rings. The van der Waals surface area contributed by atoms with Gasteiger partial charge >= 0.3 is 6.03 Å². The second-order valence-electron chi connectivity index (χ2n) is 6.29. The van der Waals surface area contributed by atoms with Crippen LogP contribution in [0.3, 0.4) is 0 Å². The minimum atomic E-state index is -3.07. The summed E-state index contributed by atoms with van der Waals surface area (Å²) in [7, 11) is -3.07. The van der Waals surface area contributed by atoms with E-state index in [0.717, 1.165) is 25.7 Å². The molecule has 1 aliphatic heterocycles. The molecular weight excluding hydrogens is 290 g/mol. The van der Waals surface area contributed by atoms with E-state index in [2.05, 4.69) is 10.6 Å². The van der Waals surface area contributed by atoms with E-state index in [9.17, 15) is 13.2 Å². The van der Waals surface area contributed by atoms with E-state index in [1.807, 2.05) is 0 Å². The molecule has 6 nitrogen and oxygen atoms in total. The third kappa shape index (κ3) is 5.47. The van der Waals surface area contributed by atoms with Crippen LogP contribution in [0.25, 0.3) is 0 Å². The predicted molar refractivity (Wildman–Crippen MR) is 82.5 cm³/mol. The number of hydrogen-bond donors (Lipinski definition) is 2. The maximum atomic E-state index is 11.8. The largest absolute Gasteiger partial charge is 0.338 e. The highest BCUT2D eigenvalue weighted by atomic mass is 32.2. The molecule has 2 amide bonds. The van der Waals surface area contributed by atoms with Gasteiger partial charge in [-0.1, -0.05) is 19.3 Å². The Balaban J connectivity index is 1.64. The van der Waals surface area contributed by atoms with E-state index in [4.69, 9.17) is 0 Å². The highest BCUT2D eigenvalue weighted by Gasteiger charge is 2.25. The van der Waals surface area contributed by atoms with Crippen LogP contribution in [0.1, 0.15) is 44.9 Å². The molecule has 0 spiro atoms. The summed E-state index contributed by atoms with van der Waals surface area (Å²) in [6, 6.07) is 0.248. The fourth-order valence-corrected chi connectivity index (χ4v) is 4.04. The summed E-state index contributed by atoms with van der Waals surface area (Å²) in [5.74, 6) is 0.375. The zero-order valence-corrected chi connectivity index (χ0v) is 13.6. The van der Waals surface area contributed by atoms with E-state index in [1.54, 1.807) is 0 Å². The van der Waals surface area contributed by atoms with Crippen molar-refractivity contribution >= 4 is 16.1 Å². The van der Waals surface area contributed by atoms with Gasteiger partial charge < -0.3 is 10.6 Å². The maximum Gasteiger partial charge on any atom is 0.315 e. The quantitative estimate of drug-likeness (QED) is 0.820. The predicted octanol–water partition coefficient (Wildman–Crippen LogP) is 1.29. The fourth-order valence-electron chi connectivity index (χ4n) is 3.17. The van der Waals surface area contributed by atoms with Crippen molar-refractivity contribution in [1.29, 1.82) is 0 Å². The number of nitrogens with one attached hydrogen (secondary N) is 2. The summed E-state index contributed by atoms with van der Waals surface area (Å²) >= 11 is 0. The summed E-state index contributed by atoms with van der Waals surface area (Å²) in [6.45, 7) is 1.76. The lowest BCUT2D eigenvalue weighted by Crippen LogP contribution is -2.46. The number of rotatable bonds is 4. The molecule has 2 aliphatic rings. The van der Waals surface area contributed by atoms with Gasteiger partial charge in [0.1, 0.15) is 0 Å². The molecular formula is C14H27N3O3S. The molecule has 7 heteroatoms. The van der Waals surface area contributed by atoms with E-state index >= 15 is 0 Å². The molecule has 122 valence electrons. The molecule has 0 aromatic carbocycles. The van der Waals surface area contributed by atoms with Crippen molar-refractivity contribution < 1.29 is 13.2 Å². The van der Waals surface area contributed by atoms with Gasteiger partial charge in [0.05, 0.1) is 6.26 Å². The van der Waals surface area contributed by atoms with Crippen LogP contribution in [0.15, 0.2) is 0 Å². The molecule has 2 rings (SSSR count). The molecule has 0 atom stereocenters. The second kappa shape index (κ2) is 7.45. The Labute approximate surface area is 127 Å². The third-order valence-corrected chi connectivity index (χ3v) is 5.84. The first-order chi connectivity index (χ1) is 9.95. The topological polar surface area (TPSA) is 78.5 Å². The number of nitrogens with zero attached hydrogens (tertiary/aromatic N) is 1. The number of carbonyl (C=O) groups excluding carboxylic acids is 1. The molecule has 1 aliphatic carbocycles. The highest BCUT2D eigenvalue weighted by molar-refractivity contribution is 7.88. The van der Waals surface area contributed by atoms with Gasteiger partial charge in [0.15, 0.2) is 0 Å². The zero-order chi connectivity index (χ0) is 15.3. The molecule has 0 aromatic heterocycles. The lowest BCUT2D eigenvalue weighted by molar-refractivity contribution is 0.224. The first-order valence-electron chi connectivity index (χ1n) is 7.94. The molecule has 1 heterocycles. The molecule has 21 heavy (non-hydrogen) atoms. The van der Waals surface area contributed by atoms with E-state index in [0.29, 0.717) is 31.6 Å². The standard InChI is InChI=1S/C14H27N3O3S/c1-21(19,20)17-9-7-12(8-10-17)11-15-14(18)16-13-5-3-2-4-6-13/h12-13H,2-11H2,1H3,(H2,15,16,18). The Morgan fingerprint density at radius 2 is 1.71 bits per heavy atom. The van der Waals surface area contributed by atoms with Gasteiger partial charge in [0.25, 0.3) is 0 Å². The summed E-state index contributed by atoms with van der Waals surface area (Å²) in [6.07, 6.45) is 8.74. The van der Waals surface area contributed by atoms with Crippen LogP contribution in [0.4, 0.5) is 4.79 Å². The molecule has 1 saturated heterocycles. The lowest BCUT2D eigenvalue weighted by atomic mass is 9.95. The van der Waals surface area contributed by atoms with Crippen LogP contribution in [-0.4, -0.2) is 50.7 Å². The normalized spacial score (nSPS) is 22.9. The van der Waals surface area contributed by atoms with E-state index in [1.165, 1.54) is 29.8 Å². The van der Waals surface area contributed by atoms with Crippen LogP contribution < -0.4 is 10.6 Å². The average Bonchev–Trinajstić information content (AvgIpc) is 2.46. The first kappa shape index (κ1) is 16.5. The van der Waals surface area contributed by atoms with Gasteiger partial charge in [-0.05, 0) is 31.6 Å². The van der Waals surface area contributed by atoms with Crippen molar-refractivity contribution in [3.05, 3.63) is 0 Å². The maximum absolute atomic E-state index is 11.8. The van der Waals surface area contributed by atoms with E-state index < -0.39 is 10.0 Å². The van der Waals surface area contributed by atoms with Crippen molar-refractivity contribution in [2.45, 2.75) is 51.0 Å². The Bertz CT molecular complexity index is 438. The average molecular weight is 317 g/mol. The Hall–Kier alpha value is -0.820. The number of sulfonamides is 1. The van der Waals surface area contributed by atoms with Crippen molar-refractivity contribution in [3.8, 4) is 0 Å². The van der Waals surface area contributed by atoms with Crippen molar-refractivity contribution in [1.82, 2.24) is 14.9 Å². The summed E-state index contributed by atoms with van der Waals surface area (Å²) in [5, 5.41) is 5.97. The van der Waals surface area contributed by atoms with Gasteiger partial charge in [0, 0.05) is 25.7 Å². The highest BCUT2D eigenvalue weighted by Crippen LogP contribution is 2.19. The van der Waals surface area contributed by atoms with Gasteiger partial charge in [-0.15, -0.1) is 0 Å². The van der Waals surface area contributed by atoms with Crippen molar-refractivity contribution in [2.24, 2.45) is 5.92 Å². The van der Waals surface area contributed by atoms with Crippen LogP contribution in [0.2, 0.25) is 0 Å². The molecule has 0 radical (unpaired) electrons. The van der Waals surface area contributed by atoms with Crippen LogP contribution in [-0.2, 0) is 10.0 Å². The van der Waals surface area contributed by atoms with Gasteiger partial charge in [-0.3, -0.25) is 0 Å². The minimum absolute atomic E-state index is 0.0764. The number of urea groups is 1. The fraction of sp³-hybridized carbons (Fsp3) is 0.929. The molecule has 2 fully saturated rings. The summed E-state index contributed by atoms with van der Waals surface area (Å²) in [5.41, 5.74) is 0. The number of hydrogen-bond acceptors (Lipinski definition) is 3. The molecule has 2 N–H and O–H groups in total. The first-order valence-corrected chi connectivity index (χ1v) is 9.79. The van der Waals surface area contributed by atoms with Crippen molar-refractivity contribution in [3.63, 3.8) is 0 Å². The summed E-state index contributed by atoms with van der Waals surface area (Å²) < 4.78 is 24.4. The van der Waals surface area contributed by atoms with Gasteiger partial charge in [-0.2, -0.15) is 0 Å². The number of carbonyl (C=O) groups is 1. The van der Waals surface area contributed by atoms with Crippen LogP contribution >= 0.6 is 0 Å². The Kier molecular flexibility index (Phi) is 5.87. The summed E-state index contributed by atoms with van der Waals surface area (Å²) in [4.78, 5) is 11.8. The Morgan fingerprint density at radius 3 is 2.29 bits per heavy atom. The minimum Gasteiger partial charge on any atom is -0.338 e. The molecule has 1 saturated carbocycles. The molecule has 0 unspecified atom stereocenters. The monoisotopic (exact) mass is 317 g/mol. The smallest absolute Gasteiger partial charge is 0.315 e. The van der Waals surface area contributed by atoms with Crippen molar-refractivity contribution in [2.75, 3.05) is 25.9 Å². The lowest BCUT2D eigenvalue weighted by Gasteiger charge is -2.30. The Morgan fingerprint density at radius 1 is 1.10 bits per heavy atom. The molecule has 0 bridgehead atoms. The van der Waals surface area contributed by atoms with Gasteiger partial charge in [0.2, 0.25) is 10.0 Å². The second-order valence-corrected chi connectivity index (χ2v) is 8.28. The SMILES string of the molecule is CS(=O)(=O)N1CCC(CNC(=O)NC2CCCCC2)CC1. The zero-order valence-electron chi connectivity index (χ0n) is 12.8.